The number of hydrogen-bond acceptors (Lipinski definition) is 5. The van der Waals surface area contributed by atoms with Crippen molar-refractivity contribution in [1.82, 2.24) is 15.0 Å². The van der Waals surface area contributed by atoms with Crippen LogP contribution in [-0.2, 0) is 0 Å². The molecule has 0 radical (unpaired) electrons. The van der Waals surface area contributed by atoms with E-state index < -0.39 is 0 Å². The lowest BCUT2D eigenvalue weighted by molar-refractivity contribution is 0.668. The van der Waals surface area contributed by atoms with Gasteiger partial charge in [-0.2, -0.15) is 0 Å². The summed E-state index contributed by atoms with van der Waals surface area (Å²) in [7, 11) is 0. The van der Waals surface area contributed by atoms with Gasteiger partial charge in [0.15, 0.2) is 17.5 Å². The molecule has 0 saturated carbocycles. The Morgan fingerprint density at radius 1 is 0.308 bits per heavy atom. The van der Waals surface area contributed by atoms with Crippen LogP contribution in [0.1, 0.15) is 0 Å². The molecule has 0 aliphatic heterocycles. The van der Waals surface area contributed by atoms with Gasteiger partial charge in [0.2, 0.25) is 0 Å². The van der Waals surface area contributed by atoms with Crippen molar-refractivity contribution in [2.24, 2.45) is 0 Å². The van der Waals surface area contributed by atoms with Gasteiger partial charge in [-0.1, -0.05) is 133 Å². The zero-order valence-corrected chi connectivity index (χ0v) is 27.7. The number of hydrogen-bond donors (Lipinski definition) is 0. The van der Waals surface area contributed by atoms with Crippen LogP contribution in [0.2, 0.25) is 0 Å². The molecule has 3 aromatic heterocycles. The molecule has 0 N–H and O–H groups in total. The Balaban J connectivity index is 1.21. The predicted molar refractivity (Wildman–Crippen MR) is 211 cm³/mol. The maximum absolute atomic E-state index is 6.29. The monoisotopic (exact) mass is 665 g/mol. The second kappa shape index (κ2) is 11.2. The Morgan fingerprint density at radius 3 is 1.50 bits per heavy atom. The van der Waals surface area contributed by atoms with Crippen molar-refractivity contribution in [3.05, 3.63) is 164 Å². The van der Waals surface area contributed by atoms with Crippen LogP contribution in [0, 0.1) is 0 Å². The quantitative estimate of drug-likeness (QED) is 0.175. The second-order valence-electron chi connectivity index (χ2n) is 13.1. The lowest BCUT2D eigenvalue weighted by Crippen LogP contribution is -2.01. The zero-order chi connectivity index (χ0) is 34.2. The summed E-state index contributed by atoms with van der Waals surface area (Å²) in [5, 5.41) is 8.67. The summed E-state index contributed by atoms with van der Waals surface area (Å²) in [6, 6.07) is 56.4. The van der Waals surface area contributed by atoms with Crippen molar-refractivity contribution in [2.45, 2.75) is 0 Å². The van der Waals surface area contributed by atoms with Crippen LogP contribution in [0.3, 0.4) is 0 Å². The maximum atomic E-state index is 6.29. The van der Waals surface area contributed by atoms with Gasteiger partial charge in [0, 0.05) is 38.2 Å². The molecule has 0 fully saturated rings. The van der Waals surface area contributed by atoms with E-state index in [4.69, 9.17) is 23.8 Å². The van der Waals surface area contributed by atoms with Gasteiger partial charge in [-0.25, -0.2) is 15.0 Å². The number of fused-ring (bicyclic) bond motifs is 9. The van der Waals surface area contributed by atoms with Crippen molar-refractivity contribution in [3.8, 4) is 45.3 Å². The molecule has 52 heavy (non-hydrogen) atoms. The van der Waals surface area contributed by atoms with E-state index in [9.17, 15) is 0 Å². The van der Waals surface area contributed by atoms with Gasteiger partial charge >= 0.3 is 0 Å². The minimum absolute atomic E-state index is 0.574. The van der Waals surface area contributed by atoms with Gasteiger partial charge in [0.25, 0.3) is 0 Å². The molecular formula is C47H27N3O2. The highest BCUT2D eigenvalue weighted by Crippen LogP contribution is 2.40. The molecular weight excluding hydrogens is 639 g/mol. The van der Waals surface area contributed by atoms with E-state index in [1.54, 1.807) is 0 Å². The van der Waals surface area contributed by atoms with E-state index in [2.05, 4.69) is 103 Å². The average Bonchev–Trinajstić information content (AvgIpc) is 3.79. The van der Waals surface area contributed by atoms with E-state index >= 15 is 0 Å². The highest BCUT2D eigenvalue weighted by atomic mass is 16.3. The summed E-state index contributed by atoms with van der Waals surface area (Å²) in [6.45, 7) is 0. The topological polar surface area (TPSA) is 65.0 Å². The molecule has 3 heterocycles. The number of nitrogens with zero attached hydrogens (tertiary/aromatic N) is 3. The largest absolute Gasteiger partial charge is 0.456 e. The normalized spacial score (nSPS) is 11.8. The van der Waals surface area contributed by atoms with Crippen molar-refractivity contribution in [3.63, 3.8) is 0 Å². The van der Waals surface area contributed by atoms with E-state index in [-0.39, 0.29) is 0 Å². The van der Waals surface area contributed by atoms with E-state index in [0.717, 1.165) is 71.3 Å². The summed E-state index contributed by atoms with van der Waals surface area (Å²) in [5.41, 5.74) is 8.26. The molecule has 0 amide bonds. The highest BCUT2D eigenvalue weighted by molar-refractivity contribution is 6.16. The van der Waals surface area contributed by atoms with Crippen LogP contribution in [0.4, 0.5) is 0 Å². The van der Waals surface area contributed by atoms with Crippen molar-refractivity contribution >= 4 is 65.4 Å². The zero-order valence-electron chi connectivity index (χ0n) is 27.7. The van der Waals surface area contributed by atoms with Crippen molar-refractivity contribution in [2.75, 3.05) is 0 Å². The fourth-order valence-corrected chi connectivity index (χ4v) is 7.77. The van der Waals surface area contributed by atoms with Crippen LogP contribution < -0.4 is 0 Å². The lowest BCUT2D eigenvalue weighted by Gasteiger charge is -2.13. The molecule has 0 atom stereocenters. The lowest BCUT2D eigenvalue weighted by atomic mass is 9.93. The first-order valence-corrected chi connectivity index (χ1v) is 17.4. The van der Waals surface area contributed by atoms with Gasteiger partial charge in [-0.15, -0.1) is 0 Å². The van der Waals surface area contributed by atoms with Gasteiger partial charge in [0.1, 0.15) is 22.3 Å². The summed E-state index contributed by atoms with van der Waals surface area (Å²) in [4.78, 5) is 15.7. The fourth-order valence-electron chi connectivity index (χ4n) is 7.77. The number of para-hydroxylation sites is 2. The summed E-state index contributed by atoms with van der Waals surface area (Å²) in [6.07, 6.45) is 0. The average molecular weight is 666 g/mol. The standard InChI is InChI=1S/C47H27N3O2/c1-2-11-28(12-3-1)32-16-8-13-30-25-23-29-24-26-31(27-37(29)42(30)32)45-48-46(35-17-9-21-40-43(35)33-14-4-6-19-38(33)51-40)50-47(49-45)36-18-10-22-41-44(36)34-15-5-7-20-39(34)52-41/h1-27H. The molecule has 0 aliphatic rings. The van der Waals surface area contributed by atoms with Gasteiger partial charge in [-0.3, -0.25) is 0 Å². The molecule has 0 saturated heterocycles. The fraction of sp³-hybridized carbons (Fsp3) is 0. The molecule has 5 heteroatoms. The Kier molecular flexibility index (Phi) is 6.18. The Morgan fingerprint density at radius 2 is 0.827 bits per heavy atom. The third-order valence-electron chi connectivity index (χ3n) is 10.1. The van der Waals surface area contributed by atoms with Crippen LogP contribution in [0.5, 0.6) is 0 Å². The highest BCUT2D eigenvalue weighted by Gasteiger charge is 2.21. The summed E-state index contributed by atoms with van der Waals surface area (Å²) in [5.74, 6) is 1.74. The predicted octanol–water partition coefficient (Wildman–Crippen LogP) is 12.6. The minimum Gasteiger partial charge on any atom is -0.456 e. The first-order valence-electron chi connectivity index (χ1n) is 17.4. The van der Waals surface area contributed by atoms with Crippen molar-refractivity contribution < 1.29 is 8.83 Å². The molecule has 0 aliphatic carbocycles. The third kappa shape index (κ3) is 4.39. The Labute approximate surface area is 297 Å². The van der Waals surface area contributed by atoms with Crippen molar-refractivity contribution in [1.29, 1.82) is 0 Å². The molecule has 5 nitrogen and oxygen atoms in total. The molecule has 11 rings (SSSR count). The van der Waals surface area contributed by atoms with Gasteiger partial charge in [0.05, 0.1) is 0 Å². The molecule has 11 aromatic rings. The molecule has 242 valence electrons. The van der Waals surface area contributed by atoms with Crippen LogP contribution in [0.15, 0.2) is 173 Å². The molecule has 8 aromatic carbocycles. The number of benzene rings is 8. The Bertz CT molecular complexity index is 3060. The smallest absolute Gasteiger partial charge is 0.164 e. The van der Waals surface area contributed by atoms with Gasteiger partial charge in [-0.05, 0) is 63.0 Å². The number of aromatic nitrogens is 3. The summed E-state index contributed by atoms with van der Waals surface area (Å²) >= 11 is 0. The molecule has 0 spiro atoms. The Hall–Kier alpha value is -7.11. The molecule has 0 bridgehead atoms. The van der Waals surface area contributed by atoms with Crippen LogP contribution in [-0.4, -0.2) is 15.0 Å². The van der Waals surface area contributed by atoms with E-state index in [1.165, 1.54) is 21.9 Å². The first-order chi connectivity index (χ1) is 25.8. The van der Waals surface area contributed by atoms with Gasteiger partial charge < -0.3 is 8.83 Å². The first kappa shape index (κ1) is 28.7. The SMILES string of the molecule is c1ccc(-c2cccc3ccc4ccc(-c5nc(-c6cccc7oc8ccccc8c67)nc(-c6cccc7oc8ccccc8c67)n5)cc4c23)cc1. The second-order valence-corrected chi connectivity index (χ2v) is 13.1. The number of furan rings is 2. The van der Waals surface area contributed by atoms with E-state index in [1.807, 2.05) is 60.7 Å². The van der Waals surface area contributed by atoms with E-state index in [0.29, 0.717) is 17.5 Å². The molecule has 0 unspecified atom stereocenters. The van der Waals surface area contributed by atoms with Crippen LogP contribution >= 0.6 is 0 Å². The maximum Gasteiger partial charge on any atom is 0.164 e. The minimum atomic E-state index is 0.574. The summed E-state index contributed by atoms with van der Waals surface area (Å²) < 4.78 is 12.6. The van der Waals surface area contributed by atoms with Crippen LogP contribution in [0.25, 0.3) is 111 Å². The number of rotatable bonds is 4. The third-order valence-corrected chi connectivity index (χ3v) is 10.1.